The van der Waals surface area contributed by atoms with E-state index in [1.54, 1.807) is 18.5 Å². The Morgan fingerprint density at radius 1 is 1.29 bits per heavy atom. The number of anilines is 1. The summed E-state index contributed by atoms with van der Waals surface area (Å²) in [6.45, 7) is 3.93. The molecule has 1 amide bonds. The van der Waals surface area contributed by atoms with Crippen LogP contribution < -0.4 is 10.1 Å². The molecule has 0 saturated carbocycles. The molecular weight excluding hydrogens is 347 g/mol. The van der Waals surface area contributed by atoms with Crippen LogP contribution >= 0.6 is 11.6 Å². The van der Waals surface area contributed by atoms with E-state index in [0.717, 1.165) is 17.8 Å². The Labute approximate surface area is 141 Å². The molecule has 0 aliphatic rings. The van der Waals surface area contributed by atoms with Crippen LogP contribution in [0.2, 0.25) is 5.02 Å². The van der Waals surface area contributed by atoms with Crippen molar-refractivity contribution in [2.75, 3.05) is 5.32 Å². The summed E-state index contributed by atoms with van der Waals surface area (Å²) < 4.78 is 41.6. The normalized spacial score (nSPS) is 11.4. The lowest BCUT2D eigenvalue weighted by molar-refractivity contribution is -0.274. The largest absolute Gasteiger partial charge is 0.573 e. The van der Waals surface area contributed by atoms with E-state index < -0.39 is 6.36 Å². The SMILES string of the molecule is Cc1nn(CCC(=O)Nc2ccc(OC(F)(F)F)cc2)c(C)c1Cl. The maximum Gasteiger partial charge on any atom is 0.573 e. The minimum atomic E-state index is -4.74. The molecule has 1 aromatic carbocycles. The number of rotatable bonds is 5. The number of hydrogen-bond donors (Lipinski definition) is 1. The second kappa shape index (κ2) is 7.12. The van der Waals surface area contributed by atoms with E-state index in [1.165, 1.54) is 12.1 Å². The molecule has 0 fully saturated rings. The Morgan fingerprint density at radius 2 is 1.92 bits per heavy atom. The van der Waals surface area contributed by atoms with Gasteiger partial charge in [-0.3, -0.25) is 9.48 Å². The van der Waals surface area contributed by atoms with Gasteiger partial charge < -0.3 is 10.1 Å². The molecule has 0 bridgehead atoms. The lowest BCUT2D eigenvalue weighted by atomic mass is 10.3. The zero-order valence-corrected chi connectivity index (χ0v) is 13.7. The smallest absolute Gasteiger partial charge is 0.406 e. The quantitative estimate of drug-likeness (QED) is 0.873. The van der Waals surface area contributed by atoms with Crippen molar-refractivity contribution in [2.24, 2.45) is 0 Å². The van der Waals surface area contributed by atoms with Crippen LogP contribution in [-0.2, 0) is 11.3 Å². The Morgan fingerprint density at radius 3 is 2.42 bits per heavy atom. The number of alkyl halides is 3. The van der Waals surface area contributed by atoms with Crippen LogP contribution in [0.15, 0.2) is 24.3 Å². The van der Waals surface area contributed by atoms with Crippen molar-refractivity contribution in [1.29, 1.82) is 0 Å². The van der Waals surface area contributed by atoms with Gasteiger partial charge in [-0.1, -0.05) is 11.6 Å². The van der Waals surface area contributed by atoms with E-state index in [1.807, 2.05) is 0 Å². The van der Waals surface area contributed by atoms with E-state index >= 15 is 0 Å². The predicted molar refractivity (Wildman–Crippen MR) is 83.1 cm³/mol. The maximum absolute atomic E-state index is 12.1. The number of carbonyl (C=O) groups excluding carboxylic acids is 1. The third kappa shape index (κ3) is 4.89. The first-order valence-electron chi connectivity index (χ1n) is 7.01. The monoisotopic (exact) mass is 361 g/mol. The summed E-state index contributed by atoms with van der Waals surface area (Å²) in [5.41, 5.74) is 1.84. The predicted octanol–water partition coefficient (Wildman–Crippen LogP) is 4.08. The van der Waals surface area contributed by atoms with E-state index in [-0.39, 0.29) is 18.1 Å². The van der Waals surface area contributed by atoms with Gasteiger partial charge in [0.05, 0.1) is 23.0 Å². The Hall–Kier alpha value is -2.22. The van der Waals surface area contributed by atoms with Crippen LogP contribution in [0, 0.1) is 13.8 Å². The standard InChI is InChI=1S/C15H15ClF3N3O2/c1-9-14(16)10(2)22(21-9)8-7-13(23)20-11-3-5-12(6-4-11)24-15(17,18)19/h3-6H,7-8H2,1-2H3,(H,20,23). The van der Waals surface area contributed by atoms with Crippen molar-refractivity contribution >= 4 is 23.2 Å². The summed E-state index contributed by atoms with van der Waals surface area (Å²) in [5.74, 6) is -0.638. The molecule has 1 N–H and O–H groups in total. The van der Waals surface area contributed by atoms with Crippen molar-refractivity contribution in [3.05, 3.63) is 40.7 Å². The fourth-order valence-electron chi connectivity index (χ4n) is 2.06. The summed E-state index contributed by atoms with van der Waals surface area (Å²) in [4.78, 5) is 11.9. The third-order valence-corrected chi connectivity index (χ3v) is 3.76. The second-order valence-electron chi connectivity index (χ2n) is 5.08. The first-order valence-corrected chi connectivity index (χ1v) is 7.38. The maximum atomic E-state index is 12.1. The van der Waals surface area contributed by atoms with Crippen molar-refractivity contribution < 1.29 is 22.7 Å². The molecular formula is C15H15ClF3N3O2. The first-order chi connectivity index (χ1) is 11.2. The summed E-state index contributed by atoms with van der Waals surface area (Å²) in [6.07, 6.45) is -4.59. The summed E-state index contributed by atoms with van der Waals surface area (Å²) in [7, 11) is 0. The zero-order valence-electron chi connectivity index (χ0n) is 12.9. The molecule has 0 atom stereocenters. The molecule has 0 saturated heterocycles. The van der Waals surface area contributed by atoms with Gasteiger partial charge in [0, 0.05) is 12.1 Å². The van der Waals surface area contributed by atoms with E-state index in [0.29, 0.717) is 22.9 Å². The number of aryl methyl sites for hydroxylation is 2. The zero-order chi connectivity index (χ0) is 17.9. The van der Waals surface area contributed by atoms with Crippen molar-refractivity contribution in [2.45, 2.75) is 33.2 Å². The highest BCUT2D eigenvalue weighted by atomic mass is 35.5. The first kappa shape index (κ1) is 18.1. The van der Waals surface area contributed by atoms with Gasteiger partial charge in [-0.2, -0.15) is 5.10 Å². The minimum Gasteiger partial charge on any atom is -0.406 e. The van der Waals surface area contributed by atoms with Gasteiger partial charge >= 0.3 is 6.36 Å². The number of carbonyl (C=O) groups is 1. The van der Waals surface area contributed by atoms with Crippen LogP contribution in [-0.4, -0.2) is 22.1 Å². The van der Waals surface area contributed by atoms with Gasteiger partial charge in [-0.15, -0.1) is 13.2 Å². The molecule has 2 aromatic rings. The van der Waals surface area contributed by atoms with Gasteiger partial charge in [-0.05, 0) is 38.1 Å². The Bertz CT molecular complexity index is 727. The highest BCUT2D eigenvalue weighted by molar-refractivity contribution is 6.31. The number of nitrogens with zero attached hydrogens (tertiary/aromatic N) is 2. The van der Waals surface area contributed by atoms with E-state index in [9.17, 15) is 18.0 Å². The Balaban J connectivity index is 1.89. The molecule has 0 radical (unpaired) electrons. The minimum absolute atomic E-state index is 0.152. The molecule has 0 spiro atoms. The lowest BCUT2D eigenvalue weighted by Gasteiger charge is -2.10. The summed E-state index contributed by atoms with van der Waals surface area (Å²) in [6, 6.07) is 4.92. The topological polar surface area (TPSA) is 56.2 Å². The molecule has 0 aliphatic carbocycles. The molecule has 0 aliphatic heterocycles. The average Bonchev–Trinajstić information content (AvgIpc) is 2.73. The lowest BCUT2D eigenvalue weighted by Crippen LogP contribution is -2.17. The highest BCUT2D eigenvalue weighted by Crippen LogP contribution is 2.24. The van der Waals surface area contributed by atoms with Crippen LogP contribution in [0.25, 0.3) is 0 Å². The van der Waals surface area contributed by atoms with Crippen LogP contribution in [0.1, 0.15) is 17.8 Å². The number of nitrogens with one attached hydrogen (secondary N) is 1. The fraction of sp³-hybridized carbons (Fsp3) is 0.333. The molecule has 130 valence electrons. The Kier molecular flexibility index (Phi) is 5.38. The summed E-state index contributed by atoms with van der Waals surface area (Å²) >= 11 is 6.03. The van der Waals surface area contributed by atoms with Crippen molar-refractivity contribution in [1.82, 2.24) is 9.78 Å². The van der Waals surface area contributed by atoms with Crippen LogP contribution in [0.5, 0.6) is 5.75 Å². The molecule has 9 heteroatoms. The van der Waals surface area contributed by atoms with Gasteiger partial charge in [0.25, 0.3) is 0 Å². The van der Waals surface area contributed by atoms with Gasteiger partial charge in [0.1, 0.15) is 5.75 Å². The number of halogens is 4. The molecule has 2 rings (SSSR count). The third-order valence-electron chi connectivity index (χ3n) is 3.22. The number of ether oxygens (including phenoxy) is 1. The molecule has 0 unspecified atom stereocenters. The van der Waals surface area contributed by atoms with E-state index in [2.05, 4.69) is 15.2 Å². The average molecular weight is 362 g/mol. The second-order valence-corrected chi connectivity index (χ2v) is 5.46. The molecule has 1 aromatic heterocycles. The number of hydrogen-bond acceptors (Lipinski definition) is 3. The molecule has 24 heavy (non-hydrogen) atoms. The number of aromatic nitrogens is 2. The van der Waals surface area contributed by atoms with Gasteiger partial charge in [-0.25, -0.2) is 0 Å². The van der Waals surface area contributed by atoms with Crippen molar-refractivity contribution in [3.8, 4) is 5.75 Å². The molecule has 1 heterocycles. The van der Waals surface area contributed by atoms with Crippen molar-refractivity contribution in [3.63, 3.8) is 0 Å². The van der Waals surface area contributed by atoms with Crippen LogP contribution in [0.4, 0.5) is 18.9 Å². The van der Waals surface area contributed by atoms with Gasteiger partial charge in [0.2, 0.25) is 5.91 Å². The van der Waals surface area contributed by atoms with E-state index in [4.69, 9.17) is 11.6 Å². The van der Waals surface area contributed by atoms with Gasteiger partial charge in [0.15, 0.2) is 0 Å². The van der Waals surface area contributed by atoms with Crippen LogP contribution in [0.3, 0.4) is 0 Å². The number of amides is 1. The highest BCUT2D eigenvalue weighted by Gasteiger charge is 2.30. The summed E-state index contributed by atoms with van der Waals surface area (Å²) in [5, 5.41) is 7.37. The number of benzene rings is 1. The molecule has 5 nitrogen and oxygen atoms in total. The fourth-order valence-corrected chi connectivity index (χ4v) is 2.20.